The Bertz CT molecular complexity index is 339. The molecular formula is C13H24N4. The average molecular weight is 236 g/mol. The van der Waals surface area contributed by atoms with E-state index >= 15 is 0 Å². The maximum Gasteiger partial charge on any atom is 0.0764 e. The Morgan fingerprint density at radius 3 is 3.00 bits per heavy atom. The molecule has 4 nitrogen and oxygen atoms in total. The number of hydrogen-bond donors (Lipinski definition) is 1. The van der Waals surface area contributed by atoms with Gasteiger partial charge in [0.05, 0.1) is 5.69 Å². The molecule has 1 aliphatic rings. The number of rotatable bonds is 5. The molecule has 1 atom stereocenters. The van der Waals surface area contributed by atoms with E-state index in [1.807, 2.05) is 4.68 Å². The van der Waals surface area contributed by atoms with Crippen LogP contribution in [0.4, 0.5) is 0 Å². The Morgan fingerprint density at radius 1 is 1.59 bits per heavy atom. The Kier molecular flexibility index (Phi) is 4.18. The van der Waals surface area contributed by atoms with Crippen molar-refractivity contribution in [1.29, 1.82) is 0 Å². The highest BCUT2D eigenvalue weighted by Crippen LogP contribution is 2.09. The van der Waals surface area contributed by atoms with Crippen LogP contribution in [0.15, 0.2) is 12.3 Å². The molecular weight excluding hydrogens is 212 g/mol. The number of nitrogens with zero attached hydrogens (tertiary/aromatic N) is 3. The van der Waals surface area contributed by atoms with E-state index in [1.54, 1.807) is 0 Å². The van der Waals surface area contributed by atoms with Crippen LogP contribution in [0.5, 0.6) is 0 Å². The fourth-order valence-corrected chi connectivity index (χ4v) is 2.38. The van der Waals surface area contributed by atoms with Gasteiger partial charge in [-0.15, -0.1) is 0 Å². The summed E-state index contributed by atoms with van der Waals surface area (Å²) in [5.41, 5.74) is 1.17. The van der Waals surface area contributed by atoms with Gasteiger partial charge >= 0.3 is 0 Å². The smallest absolute Gasteiger partial charge is 0.0764 e. The first kappa shape index (κ1) is 12.6. The van der Waals surface area contributed by atoms with Gasteiger partial charge in [-0.3, -0.25) is 9.58 Å². The molecule has 17 heavy (non-hydrogen) atoms. The van der Waals surface area contributed by atoms with E-state index in [0.717, 1.165) is 13.1 Å². The molecule has 4 heteroatoms. The summed E-state index contributed by atoms with van der Waals surface area (Å²) in [6, 6.07) is 3.25. The minimum atomic E-state index is 0.450. The van der Waals surface area contributed by atoms with Gasteiger partial charge in [0.15, 0.2) is 0 Å². The first-order valence-electron chi connectivity index (χ1n) is 6.61. The predicted molar refractivity (Wildman–Crippen MR) is 70.0 cm³/mol. The molecule has 1 aromatic heterocycles. The first-order valence-corrected chi connectivity index (χ1v) is 6.61. The zero-order valence-electron chi connectivity index (χ0n) is 11.2. The molecule has 1 N–H and O–H groups in total. The van der Waals surface area contributed by atoms with Crippen LogP contribution in [0.3, 0.4) is 0 Å². The molecule has 0 spiro atoms. The number of aromatic nitrogens is 2. The molecule has 2 heterocycles. The summed E-state index contributed by atoms with van der Waals surface area (Å²) >= 11 is 0. The van der Waals surface area contributed by atoms with E-state index < -0.39 is 0 Å². The van der Waals surface area contributed by atoms with Crippen LogP contribution in [0.1, 0.15) is 38.4 Å². The van der Waals surface area contributed by atoms with Crippen molar-refractivity contribution in [3.05, 3.63) is 18.0 Å². The molecule has 1 unspecified atom stereocenters. The van der Waals surface area contributed by atoms with Crippen LogP contribution in [0.25, 0.3) is 0 Å². The molecule has 0 bridgehead atoms. The highest BCUT2D eigenvalue weighted by Gasteiger charge is 2.16. The van der Waals surface area contributed by atoms with E-state index in [4.69, 9.17) is 0 Å². The lowest BCUT2D eigenvalue weighted by Gasteiger charge is -2.20. The van der Waals surface area contributed by atoms with Crippen molar-refractivity contribution in [2.24, 2.45) is 0 Å². The summed E-state index contributed by atoms with van der Waals surface area (Å²) in [5, 5.41) is 8.11. The molecule has 2 rings (SSSR count). The largest absolute Gasteiger partial charge is 0.313 e. The van der Waals surface area contributed by atoms with Crippen molar-refractivity contribution in [1.82, 2.24) is 20.0 Å². The predicted octanol–water partition coefficient (Wildman–Crippen LogP) is 1.65. The van der Waals surface area contributed by atoms with E-state index in [1.165, 1.54) is 25.1 Å². The second-order valence-corrected chi connectivity index (χ2v) is 5.37. The van der Waals surface area contributed by atoms with E-state index in [2.05, 4.69) is 48.5 Å². The minimum Gasteiger partial charge on any atom is -0.313 e. The number of hydrogen-bond acceptors (Lipinski definition) is 3. The lowest BCUT2D eigenvalue weighted by atomic mass is 10.2. The lowest BCUT2D eigenvalue weighted by Crippen LogP contribution is -2.35. The molecule has 0 aliphatic carbocycles. The van der Waals surface area contributed by atoms with Gasteiger partial charge in [-0.1, -0.05) is 0 Å². The summed E-state index contributed by atoms with van der Waals surface area (Å²) in [6.07, 6.45) is 4.70. The molecule has 1 aromatic rings. The third-order valence-corrected chi connectivity index (χ3v) is 3.32. The zero-order chi connectivity index (χ0) is 12.3. The Balaban J connectivity index is 1.82. The van der Waals surface area contributed by atoms with Crippen molar-refractivity contribution < 1.29 is 0 Å². The Hall–Kier alpha value is -0.870. The fourth-order valence-electron chi connectivity index (χ4n) is 2.38. The maximum absolute atomic E-state index is 4.58. The van der Waals surface area contributed by atoms with Crippen LogP contribution in [-0.2, 0) is 6.54 Å². The quantitative estimate of drug-likeness (QED) is 0.844. The molecule has 1 fully saturated rings. The standard InChI is InChI=1S/C13H24N4/c1-11(2)17-8-6-13(15-17)10-16(3)9-12-5-4-7-14-12/h6,8,11-12,14H,4-5,7,9-10H2,1-3H3. The lowest BCUT2D eigenvalue weighted by molar-refractivity contribution is 0.288. The van der Waals surface area contributed by atoms with Crippen molar-refractivity contribution in [2.75, 3.05) is 20.1 Å². The van der Waals surface area contributed by atoms with Gasteiger partial charge in [0.2, 0.25) is 0 Å². The molecule has 96 valence electrons. The molecule has 0 aromatic carbocycles. The van der Waals surface area contributed by atoms with Crippen molar-refractivity contribution in [2.45, 2.75) is 45.3 Å². The zero-order valence-corrected chi connectivity index (χ0v) is 11.2. The van der Waals surface area contributed by atoms with Crippen molar-refractivity contribution in [3.63, 3.8) is 0 Å². The van der Waals surface area contributed by atoms with Crippen LogP contribution >= 0.6 is 0 Å². The summed E-state index contributed by atoms with van der Waals surface area (Å²) < 4.78 is 2.02. The van der Waals surface area contributed by atoms with Crippen molar-refractivity contribution in [3.8, 4) is 0 Å². The van der Waals surface area contributed by atoms with Crippen LogP contribution in [-0.4, -0.2) is 40.9 Å². The summed E-state index contributed by atoms with van der Waals surface area (Å²) in [5.74, 6) is 0. The Morgan fingerprint density at radius 2 is 2.41 bits per heavy atom. The highest BCUT2D eigenvalue weighted by atomic mass is 15.3. The number of likely N-dealkylation sites (N-methyl/N-ethyl adjacent to an activating group) is 1. The van der Waals surface area contributed by atoms with Crippen molar-refractivity contribution >= 4 is 0 Å². The van der Waals surface area contributed by atoms with Gasteiger partial charge in [-0.25, -0.2) is 0 Å². The van der Waals surface area contributed by atoms with Gasteiger partial charge in [-0.2, -0.15) is 5.10 Å². The van der Waals surface area contributed by atoms with Gasteiger partial charge in [-0.05, 0) is 46.3 Å². The minimum absolute atomic E-state index is 0.450. The Labute approximate surface area is 104 Å². The van der Waals surface area contributed by atoms with E-state index in [0.29, 0.717) is 12.1 Å². The monoisotopic (exact) mass is 236 g/mol. The highest BCUT2D eigenvalue weighted by molar-refractivity contribution is 4.99. The normalized spacial score (nSPS) is 20.6. The molecule has 0 saturated carbocycles. The summed E-state index contributed by atoms with van der Waals surface area (Å²) in [7, 11) is 2.17. The fraction of sp³-hybridized carbons (Fsp3) is 0.769. The van der Waals surface area contributed by atoms with Crippen LogP contribution in [0, 0.1) is 0 Å². The van der Waals surface area contributed by atoms with Gasteiger partial charge in [0.25, 0.3) is 0 Å². The van der Waals surface area contributed by atoms with E-state index in [9.17, 15) is 0 Å². The molecule has 1 saturated heterocycles. The second kappa shape index (κ2) is 5.65. The molecule has 0 radical (unpaired) electrons. The van der Waals surface area contributed by atoms with Gasteiger partial charge in [0.1, 0.15) is 0 Å². The van der Waals surface area contributed by atoms with E-state index in [-0.39, 0.29) is 0 Å². The third kappa shape index (κ3) is 3.54. The average Bonchev–Trinajstić information content (AvgIpc) is 2.88. The van der Waals surface area contributed by atoms with Crippen LogP contribution < -0.4 is 5.32 Å². The van der Waals surface area contributed by atoms with Gasteiger partial charge in [0, 0.05) is 31.4 Å². The van der Waals surface area contributed by atoms with Crippen LogP contribution in [0.2, 0.25) is 0 Å². The number of nitrogens with one attached hydrogen (secondary N) is 1. The summed E-state index contributed by atoms with van der Waals surface area (Å²) in [6.45, 7) is 7.55. The summed E-state index contributed by atoms with van der Waals surface area (Å²) in [4.78, 5) is 2.36. The third-order valence-electron chi connectivity index (χ3n) is 3.32. The molecule has 0 amide bonds. The molecule has 1 aliphatic heterocycles. The topological polar surface area (TPSA) is 33.1 Å². The SMILES string of the molecule is CC(C)n1ccc(CN(C)CC2CCCN2)n1. The second-order valence-electron chi connectivity index (χ2n) is 5.37. The first-order chi connectivity index (χ1) is 8.15. The van der Waals surface area contributed by atoms with Gasteiger partial charge < -0.3 is 5.32 Å². The maximum atomic E-state index is 4.58.